The largest absolute Gasteiger partial charge is 0.456 e. The normalized spacial score (nSPS) is 14.4. The molecule has 2 aliphatic carbocycles. The van der Waals surface area contributed by atoms with Crippen LogP contribution in [-0.2, 0) is 16.2 Å². The third kappa shape index (κ3) is 4.10. The zero-order valence-corrected chi connectivity index (χ0v) is 31.8. The lowest BCUT2D eigenvalue weighted by molar-refractivity contribution is 0.488. The second-order valence-electron chi connectivity index (χ2n) is 17.7. The molecule has 8 aromatic rings. The van der Waals surface area contributed by atoms with Crippen molar-refractivity contribution < 1.29 is 4.74 Å². The summed E-state index contributed by atoms with van der Waals surface area (Å²) in [5.41, 5.74) is 18.1. The van der Waals surface area contributed by atoms with E-state index in [4.69, 9.17) is 4.74 Å². The van der Waals surface area contributed by atoms with Crippen LogP contribution in [0, 0.1) is 0 Å². The molecule has 1 spiro atoms. The molecule has 0 aromatic heterocycles. The topological polar surface area (TPSA) is 9.23 Å². The second-order valence-corrected chi connectivity index (χ2v) is 17.7. The van der Waals surface area contributed by atoms with Crippen LogP contribution in [0.1, 0.15) is 74.9 Å². The van der Waals surface area contributed by atoms with Gasteiger partial charge in [-0.1, -0.05) is 169 Å². The van der Waals surface area contributed by atoms with Crippen molar-refractivity contribution in [3.63, 3.8) is 0 Å². The minimum Gasteiger partial charge on any atom is -0.456 e. The summed E-state index contributed by atoms with van der Waals surface area (Å²) in [4.78, 5) is 0. The Bertz CT molecular complexity index is 2860. The first-order chi connectivity index (χ1) is 26.0. The Morgan fingerprint density at radius 2 is 0.963 bits per heavy atom. The highest BCUT2D eigenvalue weighted by Gasteiger charge is 2.52. The van der Waals surface area contributed by atoms with Gasteiger partial charge < -0.3 is 4.74 Å². The fraction of sp³-hybridized carbons (Fsp3) is 0.170. The van der Waals surface area contributed by atoms with Gasteiger partial charge in [0, 0.05) is 10.9 Å². The van der Waals surface area contributed by atoms with Crippen molar-refractivity contribution in [2.24, 2.45) is 0 Å². The van der Waals surface area contributed by atoms with Gasteiger partial charge in [-0.05, 0) is 118 Å². The molecule has 0 atom stereocenters. The fourth-order valence-electron chi connectivity index (χ4n) is 9.94. The first-order valence-electron chi connectivity index (χ1n) is 19.3. The van der Waals surface area contributed by atoms with E-state index in [-0.39, 0.29) is 10.8 Å². The van der Waals surface area contributed by atoms with Crippen LogP contribution in [0.25, 0.3) is 66.1 Å². The fourth-order valence-corrected chi connectivity index (χ4v) is 9.94. The molecule has 3 aliphatic rings. The zero-order valence-electron chi connectivity index (χ0n) is 31.8. The lowest BCUT2D eigenvalue weighted by Gasteiger charge is -2.33. The molecular formula is C53H42O. The van der Waals surface area contributed by atoms with E-state index in [0.29, 0.717) is 0 Å². The van der Waals surface area contributed by atoms with E-state index >= 15 is 0 Å². The van der Waals surface area contributed by atoms with Crippen LogP contribution in [0.15, 0.2) is 146 Å². The summed E-state index contributed by atoms with van der Waals surface area (Å²) in [7, 11) is 0. The quantitative estimate of drug-likeness (QED) is 0.166. The molecule has 0 saturated heterocycles. The van der Waals surface area contributed by atoms with Crippen LogP contribution >= 0.6 is 0 Å². The van der Waals surface area contributed by atoms with Crippen molar-refractivity contribution in [2.75, 3.05) is 0 Å². The summed E-state index contributed by atoms with van der Waals surface area (Å²) in [6.07, 6.45) is 0. The first kappa shape index (κ1) is 31.6. The molecular weight excluding hydrogens is 653 g/mol. The van der Waals surface area contributed by atoms with Crippen molar-refractivity contribution >= 4 is 21.5 Å². The van der Waals surface area contributed by atoms with E-state index in [1.165, 1.54) is 93.9 Å². The maximum atomic E-state index is 6.73. The zero-order chi connectivity index (χ0) is 36.7. The number of hydrogen-bond acceptors (Lipinski definition) is 1. The van der Waals surface area contributed by atoms with Crippen molar-refractivity contribution in [1.29, 1.82) is 0 Å². The van der Waals surface area contributed by atoms with Crippen molar-refractivity contribution in [3.8, 4) is 56.0 Å². The summed E-state index contributed by atoms with van der Waals surface area (Å²) in [5, 5.41) is 4.81. The summed E-state index contributed by atoms with van der Waals surface area (Å²) < 4.78 is 6.73. The molecule has 8 aromatic carbocycles. The van der Waals surface area contributed by atoms with Gasteiger partial charge in [-0.25, -0.2) is 0 Å². The molecule has 0 amide bonds. The number of rotatable bonds is 1. The van der Waals surface area contributed by atoms with Gasteiger partial charge >= 0.3 is 0 Å². The van der Waals surface area contributed by atoms with Gasteiger partial charge in [0.15, 0.2) is 0 Å². The summed E-state index contributed by atoms with van der Waals surface area (Å²) >= 11 is 0. The van der Waals surface area contributed by atoms with E-state index in [2.05, 4.69) is 187 Å². The number of fused-ring (bicyclic) bond motifs is 13. The van der Waals surface area contributed by atoms with E-state index in [1.54, 1.807) is 0 Å². The van der Waals surface area contributed by atoms with Crippen molar-refractivity contribution in [2.45, 2.75) is 57.8 Å². The highest BCUT2D eigenvalue weighted by atomic mass is 16.5. The number of hydrogen-bond donors (Lipinski definition) is 0. The van der Waals surface area contributed by atoms with E-state index in [9.17, 15) is 0 Å². The van der Waals surface area contributed by atoms with Crippen LogP contribution in [-0.4, -0.2) is 0 Å². The Hall–Kier alpha value is -5.92. The SMILES string of the molecule is CC(C)(C)c1ccc2c(c1)C1(c3cc(C(C)(C)C)ccc3-2)c2ccccc2-c2c(-c3ccc4c5c(cccc35)-c3cc5ccccc5cc3O4)cccc21. The lowest BCUT2D eigenvalue weighted by Crippen LogP contribution is -2.27. The molecule has 0 fully saturated rings. The number of ether oxygens (including phenoxy) is 1. The third-order valence-corrected chi connectivity index (χ3v) is 12.6. The lowest BCUT2D eigenvalue weighted by atomic mass is 9.68. The second kappa shape index (κ2) is 10.6. The van der Waals surface area contributed by atoms with E-state index < -0.39 is 5.41 Å². The monoisotopic (exact) mass is 694 g/mol. The molecule has 0 bridgehead atoms. The minimum atomic E-state index is -0.440. The summed E-state index contributed by atoms with van der Waals surface area (Å²) in [6, 6.07) is 55.2. The van der Waals surface area contributed by atoms with Gasteiger partial charge in [0.25, 0.3) is 0 Å². The van der Waals surface area contributed by atoms with Gasteiger partial charge in [-0.2, -0.15) is 0 Å². The Kier molecular flexibility index (Phi) is 6.21. The third-order valence-electron chi connectivity index (χ3n) is 12.6. The molecule has 260 valence electrons. The van der Waals surface area contributed by atoms with Crippen molar-refractivity contribution in [1.82, 2.24) is 0 Å². The Balaban J connectivity index is 1.22. The molecule has 1 heteroatoms. The molecule has 0 saturated carbocycles. The van der Waals surface area contributed by atoms with E-state index in [1.807, 2.05) is 0 Å². The Labute approximate surface area is 317 Å². The van der Waals surface area contributed by atoms with Crippen molar-refractivity contribution in [3.05, 3.63) is 179 Å². The Morgan fingerprint density at radius 3 is 1.67 bits per heavy atom. The molecule has 1 aliphatic heterocycles. The molecule has 1 nitrogen and oxygen atoms in total. The van der Waals surface area contributed by atoms with Gasteiger partial charge in [-0.3, -0.25) is 0 Å². The Morgan fingerprint density at radius 1 is 0.389 bits per heavy atom. The maximum absolute atomic E-state index is 6.73. The minimum absolute atomic E-state index is 0.0146. The highest BCUT2D eigenvalue weighted by molar-refractivity contribution is 6.13. The molecule has 0 unspecified atom stereocenters. The van der Waals surface area contributed by atoms with Gasteiger partial charge in [0.05, 0.1) is 5.41 Å². The first-order valence-corrected chi connectivity index (χ1v) is 19.3. The standard InChI is InChI=1S/C53H42O/c1-51(2,3)33-21-23-36-37-24-22-34(52(4,5)6)30-46(37)53(45(36)29-33)43-19-10-9-15-41(43)49-38(18-12-20-44(49)53)35-25-26-47-50-39(35)16-11-17-40(50)42-27-31-13-7-8-14-32(31)28-48(42)54-47/h7-30H,1-6H3. The predicted octanol–water partition coefficient (Wildman–Crippen LogP) is 14.4. The predicted molar refractivity (Wildman–Crippen MR) is 226 cm³/mol. The van der Waals surface area contributed by atoms with Crippen LogP contribution in [0.2, 0.25) is 0 Å². The molecule has 0 radical (unpaired) electrons. The van der Waals surface area contributed by atoms with Crippen LogP contribution < -0.4 is 4.74 Å². The van der Waals surface area contributed by atoms with Gasteiger partial charge in [0.2, 0.25) is 0 Å². The van der Waals surface area contributed by atoms with E-state index in [0.717, 1.165) is 17.1 Å². The average Bonchev–Trinajstić information content (AvgIpc) is 3.64. The maximum Gasteiger partial charge on any atom is 0.135 e. The van der Waals surface area contributed by atoms with Crippen LogP contribution in [0.4, 0.5) is 0 Å². The smallest absolute Gasteiger partial charge is 0.135 e. The molecule has 54 heavy (non-hydrogen) atoms. The molecule has 0 N–H and O–H groups in total. The summed E-state index contributed by atoms with van der Waals surface area (Å²) in [6.45, 7) is 14.0. The van der Waals surface area contributed by atoms with Gasteiger partial charge in [-0.15, -0.1) is 0 Å². The molecule has 11 rings (SSSR count). The number of benzene rings is 8. The molecule has 1 heterocycles. The average molecular weight is 695 g/mol. The van der Waals surface area contributed by atoms with Crippen LogP contribution in [0.5, 0.6) is 11.5 Å². The van der Waals surface area contributed by atoms with Gasteiger partial charge in [0.1, 0.15) is 11.5 Å². The van der Waals surface area contributed by atoms with Crippen LogP contribution in [0.3, 0.4) is 0 Å². The highest BCUT2D eigenvalue weighted by Crippen LogP contribution is 2.65. The summed E-state index contributed by atoms with van der Waals surface area (Å²) in [5.74, 6) is 1.83.